The summed E-state index contributed by atoms with van der Waals surface area (Å²) in [7, 11) is 0. The topological polar surface area (TPSA) is 62.3 Å². The first-order valence-electron chi connectivity index (χ1n) is 8.52. The summed E-state index contributed by atoms with van der Waals surface area (Å²) in [6.07, 6.45) is 0. The van der Waals surface area contributed by atoms with Gasteiger partial charge in [0.15, 0.2) is 0 Å². The van der Waals surface area contributed by atoms with Crippen molar-refractivity contribution in [2.45, 2.75) is 12.6 Å². The average molecular weight is 494 g/mol. The van der Waals surface area contributed by atoms with Crippen molar-refractivity contribution in [3.05, 3.63) is 62.9 Å². The van der Waals surface area contributed by atoms with Crippen LogP contribution in [0.1, 0.15) is 16.1 Å². The highest BCUT2D eigenvalue weighted by Gasteiger charge is 2.35. The smallest absolute Gasteiger partial charge is 0.255 e. The number of nitrogens with zero attached hydrogens (tertiary/aromatic N) is 2. The van der Waals surface area contributed by atoms with Crippen LogP contribution in [0, 0.1) is 0 Å². The van der Waals surface area contributed by atoms with Crippen molar-refractivity contribution in [3.8, 4) is 9.88 Å². The second kappa shape index (κ2) is 8.77. The van der Waals surface area contributed by atoms with Crippen molar-refractivity contribution in [2.75, 3.05) is 11.6 Å². The largest absolute Gasteiger partial charge is 0.349 e. The van der Waals surface area contributed by atoms with Crippen LogP contribution in [0.25, 0.3) is 9.88 Å². The highest BCUT2D eigenvalue weighted by molar-refractivity contribution is 9.10. The fraction of sp³-hybridized carbons (Fsp3) is 0.211. The van der Waals surface area contributed by atoms with Crippen molar-refractivity contribution < 1.29 is 9.59 Å². The van der Waals surface area contributed by atoms with E-state index >= 15 is 0 Å². The lowest BCUT2D eigenvalue weighted by atomic mass is 10.1. The molecule has 144 valence electrons. The van der Waals surface area contributed by atoms with Crippen molar-refractivity contribution in [2.24, 2.45) is 0 Å². The Labute approximate surface area is 183 Å². The molecule has 2 amide bonds. The third-order valence-corrected chi connectivity index (χ3v) is 7.68. The molecule has 1 aliphatic rings. The molecule has 0 bridgehead atoms. The summed E-state index contributed by atoms with van der Waals surface area (Å²) in [5.74, 6) is 0.852. The van der Waals surface area contributed by atoms with E-state index < -0.39 is 6.04 Å². The number of hydrogen-bond acceptors (Lipinski definition) is 6. The van der Waals surface area contributed by atoms with Crippen LogP contribution < -0.4 is 5.32 Å². The summed E-state index contributed by atoms with van der Waals surface area (Å²) in [5, 5.41) is 7.88. The molecular weight excluding hydrogens is 478 g/mol. The predicted octanol–water partition coefficient (Wildman–Crippen LogP) is 4.47. The van der Waals surface area contributed by atoms with E-state index in [1.165, 1.54) is 0 Å². The fourth-order valence-electron chi connectivity index (χ4n) is 2.84. The molecule has 28 heavy (non-hydrogen) atoms. The first-order valence-corrected chi connectivity index (χ1v) is 12.2. The molecule has 0 spiro atoms. The van der Waals surface area contributed by atoms with E-state index in [2.05, 4.69) is 26.2 Å². The van der Waals surface area contributed by atoms with E-state index in [1.807, 2.05) is 35.0 Å². The Balaban J connectivity index is 1.39. The lowest BCUT2D eigenvalue weighted by molar-refractivity contribution is -0.124. The van der Waals surface area contributed by atoms with Crippen molar-refractivity contribution in [1.82, 2.24) is 15.2 Å². The summed E-state index contributed by atoms with van der Waals surface area (Å²) in [6.45, 7) is 0.362. The maximum Gasteiger partial charge on any atom is 0.255 e. The zero-order valence-corrected chi connectivity index (χ0v) is 18.7. The molecule has 5 nitrogen and oxygen atoms in total. The van der Waals surface area contributed by atoms with Crippen LogP contribution in [0.4, 0.5) is 0 Å². The molecular formula is C19H16BrN3O2S3. The van der Waals surface area contributed by atoms with Crippen LogP contribution in [-0.4, -0.2) is 39.4 Å². The van der Waals surface area contributed by atoms with Gasteiger partial charge in [-0.15, -0.1) is 34.4 Å². The van der Waals surface area contributed by atoms with Crippen molar-refractivity contribution in [3.63, 3.8) is 0 Å². The van der Waals surface area contributed by atoms with E-state index in [-0.39, 0.29) is 11.8 Å². The van der Waals surface area contributed by atoms with E-state index in [1.54, 1.807) is 51.5 Å². The van der Waals surface area contributed by atoms with E-state index in [9.17, 15) is 9.59 Å². The van der Waals surface area contributed by atoms with Gasteiger partial charge in [-0.3, -0.25) is 9.59 Å². The molecule has 0 unspecified atom stereocenters. The van der Waals surface area contributed by atoms with E-state index in [4.69, 9.17) is 0 Å². The van der Waals surface area contributed by atoms with Gasteiger partial charge >= 0.3 is 0 Å². The third kappa shape index (κ3) is 4.32. The molecule has 1 saturated heterocycles. The molecule has 0 aliphatic carbocycles. The summed E-state index contributed by atoms with van der Waals surface area (Å²) < 4.78 is 0.844. The quantitative estimate of drug-likeness (QED) is 0.569. The number of carbonyl (C=O) groups excluding carboxylic acids is 2. The Morgan fingerprint density at radius 1 is 1.25 bits per heavy atom. The summed E-state index contributed by atoms with van der Waals surface area (Å²) in [4.78, 5) is 32.9. The van der Waals surface area contributed by atoms with Crippen molar-refractivity contribution in [1.29, 1.82) is 0 Å². The van der Waals surface area contributed by atoms with Gasteiger partial charge in [0.2, 0.25) is 5.91 Å². The zero-order valence-electron chi connectivity index (χ0n) is 14.6. The molecule has 1 fully saturated rings. The summed E-state index contributed by atoms with van der Waals surface area (Å²) >= 11 is 8.20. The van der Waals surface area contributed by atoms with Gasteiger partial charge in [-0.1, -0.05) is 28.1 Å². The van der Waals surface area contributed by atoms with Crippen LogP contribution in [0.3, 0.4) is 0 Å². The first kappa shape index (κ1) is 19.6. The number of aromatic nitrogens is 1. The number of thiophene rings is 1. The number of thioether (sulfide) groups is 1. The number of thiazole rings is 1. The third-order valence-electron chi connectivity index (χ3n) is 4.24. The molecule has 1 N–H and O–H groups in total. The van der Waals surface area contributed by atoms with Gasteiger partial charge in [0.05, 0.1) is 23.0 Å². The molecule has 3 aromatic rings. The lowest BCUT2D eigenvalue weighted by Crippen LogP contribution is -2.47. The molecule has 2 aromatic heterocycles. The number of nitrogens with one attached hydrogen (secondary N) is 1. The lowest BCUT2D eigenvalue weighted by Gasteiger charge is -2.23. The Morgan fingerprint density at radius 2 is 2.14 bits per heavy atom. The second-order valence-electron chi connectivity index (χ2n) is 6.14. The minimum absolute atomic E-state index is 0.125. The Hall–Kier alpha value is -1.68. The van der Waals surface area contributed by atoms with Crippen LogP contribution in [-0.2, 0) is 11.3 Å². The molecule has 1 aliphatic heterocycles. The molecule has 0 saturated carbocycles. The number of carbonyl (C=O) groups is 2. The number of benzene rings is 1. The molecule has 3 heterocycles. The molecule has 1 atom stereocenters. The predicted molar refractivity (Wildman–Crippen MR) is 119 cm³/mol. The van der Waals surface area contributed by atoms with Crippen LogP contribution in [0.2, 0.25) is 0 Å². The Kier molecular flexibility index (Phi) is 6.15. The monoisotopic (exact) mass is 493 g/mol. The van der Waals surface area contributed by atoms with Crippen LogP contribution in [0.5, 0.6) is 0 Å². The normalized spacial score (nSPS) is 16.3. The first-order chi connectivity index (χ1) is 13.6. The maximum absolute atomic E-state index is 12.8. The number of rotatable bonds is 5. The van der Waals surface area contributed by atoms with Gasteiger partial charge in [-0.05, 0) is 29.6 Å². The molecule has 1 aromatic carbocycles. The molecule has 4 rings (SSSR count). The molecule has 0 radical (unpaired) electrons. The second-order valence-corrected chi connectivity index (χ2v) is 9.86. The SMILES string of the molecule is O=C(NCc1csc(-c2cccs2)n1)[C@H]1CSCN1C(=O)c1cccc(Br)c1. The minimum Gasteiger partial charge on any atom is -0.349 e. The highest BCUT2D eigenvalue weighted by atomic mass is 79.9. The van der Waals surface area contributed by atoms with Gasteiger partial charge in [0, 0.05) is 21.2 Å². The maximum atomic E-state index is 12.8. The number of halogens is 1. The highest BCUT2D eigenvalue weighted by Crippen LogP contribution is 2.28. The fourth-order valence-corrected chi connectivity index (χ4v) is 6.03. The Morgan fingerprint density at radius 3 is 2.93 bits per heavy atom. The van der Waals surface area contributed by atoms with E-state index in [0.29, 0.717) is 23.7 Å². The van der Waals surface area contributed by atoms with Crippen LogP contribution >= 0.6 is 50.4 Å². The summed E-state index contributed by atoms with van der Waals surface area (Å²) in [6, 6.07) is 10.8. The van der Waals surface area contributed by atoms with Crippen LogP contribution in [0.15, 0.2) is 51.6 Å². The number of hydrogen-bond donors (Lipinski definition) is 1. The van der Waals surface area contributed by atoms with Gasteiger partial charge in [0.25, 0.3) is 5.91 Å². The molecule has 9 heteroatoms. The van der Waals surface area contributed by atoms with Crippen molar-refractivity contribution >= 4 is 62.2 Å². The standard InChI is InChI=1S/C19H16BrN3O2S3/c20-13-4-1-3-12(7-13)19(25)23-11-26-10-15(23)17(24)21-8-14-9-28-18(22-14)16-5-2-6-27-16/h1-7,9,15H,8,10-11H2,(H,21,24)/t15-/m1/s1. The van der Waals surface area contributed by atoms with Gasteiger partial charge in [-0.25, -0.2) is 4.98 Å². The zero-order chi connectivity index (χ0) is 19.5. The average Bonchev–Trinajstić information content (AvgIpc) is 3.46. The van der Waals surface area contributed by atoms with E-state index in [0.717, 1.165) is 20.1 Å². The van der Waals surface area contributed by atoms with Gasteiger partial charge in [-0.2, -0.15) is 0 Å². The van der Waals surface area contributed by atoms with Gasteiger partial charge in [0.1, 0.15) is 11.0 Å². The Bertz CT molecular complexity index is 990. The minimum atomic E-state index is -0.466. The summed E-state index contributed by atoms with van der Waals surface area (Å²) in [5.41, 5.74) is 1.41. The number of amides is 2. The van der Waals surface area contributed by atoms with Gasteiger partial charge < -0.3 is 10.2 Å².